The van der Waals surface area contributed by atoms with Crippen molar-refractivity contribution < 1.29 is 4.74 Å². The van der Waals surface area contributed by atoms with E-state index in [1.807, 2.05) is 30.3 Å². The van der Waals surface area contributed by atoms with Crippen LogP contribution >= 0.6 is 27.5 Å². The van der Waals surface area contributed by atoms with Gasteiger partial charge < -0.3 is 4.74 Å². The van der Waals surface area contributed by atoms with Gasteiger partial charge in [-0.2, -0.15) is 5.26 Å². The van der Waals surface area contributed by atoms with Crippen LogP contribution in [0, 0.1) is 11.3 Å². The van der Waals surface area contributed by atoms with Crippen molar-refractivity contribution in [2.75, 3.05) is 0 Å². The molecule has 0 spiro atoms. The second-order valence-corrected chi connectivity index (χ2v) is 4.92. The second-order valence-electron chi connectivity index (χ2n) is 3.95. The predicted octanol–water partition coefficient (Wildman–Crippen LogP) is 4.69. The van der Waals surface area contributed by atoms with Crippen molar-refractivity contribution in [3.8, 4) is 11.8 Å². The smallest absolute Gasteiger partial charge is 0.125 e. The molecule has 2 aromatic rings. The van der Waals surface area contributed by atoms with Gasteiger partial charge in [-0.05, 0) is 29.8 Å². The Kier molecular flexibility index (Phi) is 4.84. The highest BCUT2D eigenvalue weighted by Gasteiger charge is 2.07. The number of alkyl halides is 1. The molecule has 0 heterocycles. The van der Waals surface area contributed by atoms with Crippen LogP contribution in [0.25, 0.3) is 0 Å². The van der Waals surface area contributed by atoms with Gasteiger partial charge in [0.25, 0.3) is 0 Å². The van der Waals surface area contributed by atoms with Crippen LogP contribution in [-0.4, -0.2) is 0 Å². The Balaban J connectivity index is 2.10. The third kappa shape index (κ3) is 3.50. The number of benzene rings is 2. The molecule has 0 atom stereocenters. The molecule has 0 aliphatic rings. The third-order valence-corrected chi connectivity index (χ3v) is 3.60. The third-order valence-electron chi connectivity index (χ3n) is 2.69. The second kappa shape index (κ2) is 6.60. The molecule has 2 nitrogen and oxygen atoms in total. The number of hydrogen-bond donors (Lipinski definition) is 0. The van der Waals surface area contributed by atoms with E-state index in [2.05, 4.69) is 22.0 Å². The number of nitriles is 1. The van der Waals surface area contributed by atoms with E-state index < -0.39 is 0 Å². The maximum atomic E-state index is 8.73. The van der Waals surface area contributed by atoms with Crippen LogP contribution in [0.1, 0.15) is 16.7 Å². The van der Waals surface area contributed by atoms with Crippen molar-refractivity contribution in [3.63, 3.8) is 0 Å². The molecule has 0 aliphatic heterocycles. The fraction of sp³-hybridized carbons (Fsp3) is 0.133. The van der Waals surface area contributed by atoms with Crippen molar-refractivity contribution in [1.82, 2.24) is 0 Å². The molecule has 0 saturated heterocycles. The van der Waals surface area contributed by atoms with Gasteiger partial charge in [-0.3, -0.25) is 0 Å². The minimum atomic E-state index is 0.450. The lowest BCUT2D eigenvalue weighted by Gasteiger charge is -2.11. The van der Waals surface area contributed by atoms with Gasteiger partial charge in [0.2, 0.25) is 0 Å². The van der Waals surface area contributed by atoms with Crippen molar-refractivity contribution in [2.45, 2.75) is 11.9 Å². The molecular weight excluding hydrogens is 326 g/mol. The highest BCUT2D eigenvalue weighted by atomic mass is 79.9. The summed E-state index contributed by atoms with van der Waals surface area (Å²) in [6.07, 6.45) is 0. The fourth-order valence-corrected chi connectivity index (χ4v) is 2.61. The first-order chi connectivity index (χ1) is 9.24. The van der Waals surface area contributed by atoms with E-state index in [9.17, 15) is 0 Å². The van der Waals surface area contributed by atoms with E-state index in [-0.39, 0.29) is 0 Å². The zero-order chi connectivity index (χ0) is 13.7. The Bertz CT molecular complexity index is 605. The molecule has 2 rings (SSSR count). The molecule has 0 bridgehead atoms. The molecular formula is C15H11BrClNO. The largest absolute Gasteiger partial charge is 0.489 e. The number of ether oxygens (including phenoxy) is 1. The molecule has 0 radical (unpaired) electrons. The molecule has 0 aliphatic carbocycles. The normalized spacial score (nSPS) is 9.95. The summed E-state index contributed by atoms with van der Waals surface area (Å²) in [6.45, 7) is 0.450. The van der Waals surface area contributed by atoms with Gasteiger partial charge >= 0.3 is 0 Å². The summed E-state index contributed by atoms with van der Waals surface area (Å²) in [6, 6.07) is 15.0. The summed E-state index contributed by atoms with van der Waals surface area (Å²) < 4.78 is 5.77. The Morgan fingerprint density at radius 3 is 2.53 bits per heavy atom. The first-order valence-corrected chi connectivity index (χ1v) is 7.19. The van der Waals surface area contributed by atoms with Crippen molar-refractivity contribution in [1.29, 1.82) is 5.26 Å². The molecule has 0 unspecified atom stereocenters. The minimum Gasteiger partial charge on any atom is -0.489 e. The Morgan fingerprint density at radius 1 is 1.16 bits per heavy atom. The Labute approximate surface area is 125 Å². The molecule has 0 N–H and O–H groups in total. The minimum absolute atomic E-state index is 0.450. The summed E-state index contributed by atoms with van der Waals surface area (Å²) in [5.74, 6) is 0.772. The van der Waals surface area contributed by atoms with Crippen molar-refractivity contribution >= 4 is 27.5 Å². The van der Waals surface area contributed by atoms with Crippen LogP contribution in [0.5, 0.6) is 5.75 Å². The predicted molar refractivity (Wildman–Crippen MR) is 79.6 cm³/mol. The van der Waals surface area contributed by atoms with E-state index in [1.165, 1.54) is 0 Å². The van der Waals surface area contributed by atoms with Gasteiger partial charge in [0, 0.05) is 15.9 Å². The zero-order valence-electron chi connectivity index (χ0n) is 10.1. The van der Waals surface area contributed by atoms with E-state index in [0.29, 0.717) is 22.5 Å². The van der Waals surface area contributed by atoms with Gasteiger partial charge in [0.15, 0.2) is 0 Å². The highest BCUT2D eigenvalue weighted by molar-refractivity contribution is 9.08. The maximum absolute atomic E-state index is 8.73. The lowest BCUT2D eigenvalue weighted by Crippen LogP contribution is -1.98. The molecule has 0 saturated carbocycles. The summed E-state index contributed by atoms with van der Waals surface area (Å²) in [5, 5.41) is 10.1. The lowest BCUT2D eigenvalue weighted by molar-refractivity contribution is 0.304. The quantitative estimate of drug-likeness (QED) is 0.759. The number of nitrogens with zero attached hydrogens (tertiary/aromatic N) is 1. The number of rotatable bonds is 4. The fourth-order valence-electron chi connectivity index (χ4n) is 1.64. The van der Waals surface area contributed by atoms with Gasteiger partial charge in [0.1, 0.15) is 12.4 Å². The summed E-state index contributed by atoms with van der Waals surface area (Å²) >= 11 is 9.51. The van der Waals surface area contributed by atoms with E-state index in [1.54, 1.807) is 12.1 Å². The highest BCUT2D eigenvalue weighted by Crippen LogP contribution is 2.29. The topological polar surface area (TPSA) is 33.0 Å². The van der Waals surface area contributed by atoms with Crippen LogP contribution < -0.4 is 4.74 Å². The Morgan fingerprint density at radius 2 is 1.89 bits per heavy atom. The van der Waals surface area contributed by atoms with Crippen LogP contribution in [0.4, 0.5) is 0 Å². The van der Waals surface area contributed by atoms with Crippen molar-refractivity contribution in [3.05, 3.63) is 64.2 Å². The molecule has 4 heteroatoms. The molecule has 96 valence electrons. The standard InChI is InChI=1S/C15H11BrClNO/c16-8-13-14(17)2-1-3-15(13)19-10-12-6-4-11(9-18)5-7-12/h1-7H,8,10H2. The van der Waals surface area contributed by atoms with Crippen LogP contribution in [-0.2, 0) is 11.9 Å². The molecule has 2 aromatic carbocycles. The van der Waals surface area contributed by atoms with E-state index in [4.69, 9.17) is 21.6 Å². The van der Waals surface area contributed by atoms with Gasteiger partial charge in [-0.25, -0.2) is 0 Å². The SMILES string of the molecule is N#Cc1ccc(COc2cccc(Cl)c2CBr)cc1. The first-order valence-electron chi connectivity index (χ1n) is 5.70. The van der Waals surface area contributed by atoms with Gasteiger partial charge in [-0.15, -0.1) is 0 Å². The van der Waals surface area contributed by atoms with Gasteiger partial charge in [0.05, 0.1) is 11.6 Å². The average Bonchev–Trinajstić information content (AvgIpc) is 2.45. The van der Waals surface area contributed by atoms with E-state index in [0.717, 1.165) is 16.9 Å². The molecule has 0 amide bonds. The number of hydrogen-bond acceptors (Lipinski definition) is 2. The monoisotopic (exact) mass is 335 g/mol. The Hall–Kier alpha value is -1.50. The summed E-state index contributed by atoms with van der Waals surface area (Å²) in [7, 11) is 0. The lowest BCUT2D eigenvalue weighted by atomic mass is 10.1. The molecule has 0 aromatic heterocycles. The van der Waals surface area contributed by atoms with Crippen LogP contribution in [0.2, 0.25) is 5.02 Å². The average molecular weight is 337 g/mol. The molecule has 19 heavy (non-hydrogen) atoms. The summed E-state index contributed by atoms with van der Waals surface area (Å²) in [5.41, 5.74) is 2.60. The molecule has 0 fully saturated rings. The van der Waals surface area contributed by atoms with E-state index >= 15 is 0 Å². The maximum Gasteiger partial charge on any atom is 0.125 e. The van der Waals surface area contributed by atoms with Crippen LogP contribution in [0.3, 0.4) is 0 Å². The van der Waals surface area contributed by atoms with Gasteiger partial charge in [-0.1, -0.05) is 45.7 Å². The zero-order valence-corrected chi connectivity index (χ0v) is 12.4. The summed E-state index contributed by atoms with van der Waals surface area (Å²) in [4.78, 5) is 0. The van der Waals surface area contributed by atoms with Crippen molar-refractivity contribution in [2.24, 2.45) is 0 Å². The first kappa shape index (κ1) is 13.9. The number of halogens is 2. The van der Waals surface area contributed by atoms with Crippen LogP contribution in [0.15, 0.2) is 42.5 Å².